The molecule has 4 heteroatoms. The van der Waals surface area contributed by atoms with Crippen LogP contribution in [0.25, 0.3) is 21.6 Å². The number of aryl methyl sites for hydroxylation is 3. The molecule has 0 N–H and O–H groups in total. The summed E-state index contributed by atoms with van der Waals surface area (Å²) >= 11 is 1.85. The average molecular weight is 422 g/mol. The predicted molar refractivity (Wildman–Crippen MR) is 126 cm³/mol. The molecule has 0 spiro atoms. The molecule has 4 rings (SSSR count). The van der Waals surface area contributed by atoms with E-state index in [0.717, 1.165) is 30.9 Å². The number of aromatic nitrogens is 1. The van der Waals surface area contributed by atoms with Gasteiger partial charge in [0.05, 0.1) is 18.3 Å². The van der Waals surface area contributed by atoms with E-state index in [0.29, 0.717) is 0 Å². The van der Waals surface area contributed by atoms with Gasteiger partial charge in [0.1, 0.15) is 5.75 Å². The molecule has 1 aliphatic heterocycles. The van der Waals surface area contributed by atoms with Gasteiger partial charge in [-0.1, -0.05) is 6.07 Å². The van der Waals surface area contributed by atoms with Crippen molar-refractivity contribution in [1.29, 1.82) is 0 Å². The van der Waals surface area contributed by atoms with Crippen LogP contribution in [-0.2, 0) is 11.2 Å². The highest BCUT2D eigenvalue weighted by Gasteiger charge is 2.27. The quantitative estimate of drug-likeness (QED) is 0.443. The molecule has 3 aromatic rings. The Labute approximate surface area is 184 Å². The lowest BCUT2D eigenvalue weighted by atomic mass is 9.92. The summed E-state index contributed by atoms with van der Waals surface area (Å²) in [5.41, 5.74) is 7.16. The summed E-state index contributed by atoms with van der Waals surface area (Å²) in [6, 6.07) is 11.0. The molecule has 0 aliphatic carbocycles. The lowest BCUT2D eigenvalue weighted by Crippen LogP contribution is -2.21. The fourth-order valence-corrected chi connectivity index (χ4v) is 5.59. The van der Waals surface area contributed by atoms with Crippen LogP contribution in [0.1, 0.15) is 61.9 Å². The van der Waals surface area contributed by atoms with Crippen molar-refractivity contribution in [2.24, 2.45) is 0 Å². The van der Waals surface area contributed by atoms with E-state index in [4.69, 9.17) is 9.47 Å². The number of hydrogen-bond donors (Lipinski definition) is 0. The third-order valence-corrected chi connectivity index (χ3v) is 6.59. The molecule has 1 unspecified atom stereocenters. The van der Waals surface area contributed by atoms with E-state index < -0.39 is 0 Å². The molecule has 3 heterocycles. The molecule has 0 radical (unpaired) electrons. The predicted octanol–water partition coefficient (Wildman–Crippen LogP) is 7.30. The molecule has 0 fully saturated rings. The first kappa shape index (κ1) is 21.1. The number of ether oxygens (including phenoxy) is 2. The van der Waals surface area contributed by atoms with E-state index in [1.54, 1.807) is 0 Å². The first-order valence-electron chi connectivity index (χ1n) is 10.7. The van der Waals surface area contributed by atoms with Gasteiger partial charge in [0.2, 0.25) is 0 Å². The summed E-state index contributed by atoms with van der Waals surface area (Å²) in [6.45, 7) is 13.6. The molecular weight excluding hydrogens is 390 g/mol. The fraction of sp³-hybridized carbons (Fsp3) is 0.423. The minimum atomic E-state index is -0.206. The minimum Gasteiger partial charge on any atom is -0.493 e. The first-order valence-corrected chi connectivity index (χ1v) is 11.5. The summed E-state index contributed by atoms with van der Waals surface area (Å²) in [4.78, 5) is 6.99. The van der Waals surface area contributed by atoms with Crippen molar-refractivity contribution in [3.63, 3.8) is 0 Å². The van der Waals surface area contributed by atoms with Gasteiger partial charge in [0.15, 0.2) is 0 Å². The minimum absolute atomic E-state index is 0.000201. The maximum atomic E-state index is 6.42. The first-order chi connectivity index (χ1) is 14.2. The van der Waals surface area contributed by atoms with E-state index in [1.165, 1.54) is 37.6 Å². The highest BCUT2D eigenvalue weighted by molar-refractivity contribution is 7.16. The summed E-state index contributed by atoms with van der Waals surface area (Å²) in [5, 5.41) is 0. The maximum Gasteiger partial charge on any atom is 0.122 e. The van der Waals surface area contributed by atoms with Crippen LogP contribution in [0.15, 0.2) is 36.5 Å². The molecule has 3 nitrogen and oxygen atoms in total. The van der Waals surface area contributed by atoms with Gasteiger partial charge in [-0.05, 0) is 95.3 Å². The van der Waals surface area contributed by atoms with E-state index >= 15 is 0 Å². The van der Waals surface area contributed by atoms with Crippen LogP contribution in [0, 0.1) is 13.8 Å². The van der Waals surface area contributed by atoms with Crippen LogP contribution in [0.2, 0.25) is 0 Å². The van der Waals surface area contributed by atoms with Crippen molar-refractivity contribution in [3.05, 3.63) is 58.2 Å². The van der Waals surface area contributed by atoms with E-state index in [1.807, 2.05) is 24.5 Å². The van der Waals surface area contributed by atoms with Gasteiger partial charge in [0.25, 0.3) is 0 Å². The van der Waals surface area contributed by atoms with Crippen molar-refractivity contribution in [1.82, 2.24) is 4.98 Å². The Balaban J connectivity index is 1.91. The standard InChI is InChI=1S/C26H31NO2S/c1-16-14-21(11-12-27-16)25-24(20-9-10-22-19(15-20)8-7-13-28-22)23(18(3)30-25)17(2)29-26(4,5)6/h9-12,14-15,17H,7-8,13H2,1-6H3. The second-order valence-corrected chi connectivity index (χ2v) is 10.3. The number of fused-ring (bicyclic) bond motifs is 1. The Morgan fingerprint density at radius 3 is 2.63 bits per heavy atom. The number of thiophene rings is 1. The molecule has 0 bridgehead atoms. The fourth-order valence-electron chi connectivity index (χ4n) is 4.33. The Kier molecular flexibility index (Phi) is 5.73. The number of benzene rings is 1. The van der Waals surface area contributed by atoms with Gasteiger partial charge in [-0.25, -0.2) is 0 Å². The number of pyridine rings is 1. The Morgan fingerprint density at radius 1 is 1.10 bits per heavy atom. The summed E-state index contributed by atoms with van der Waals surface area (Å²) in [5.74, 6) is 1.03. The van der Waals surface area contributed by atoms with Crippen LogP contribution in [-0.4, -0.2) is 17.2 Å². The monoisotopic (exact) mass is 421 g/mol. The van der Waals surface area contributed by atoms with Gasteiger partial charge in [-0.3, -0.25) is 4.98 Å². The summed E-state index contributed by atoms with van der Waals surface area (Å²) in [6.07, 6.45) is 4.05. The highest BCUT2D eigenvalue weighted by atomic mass is 32.1. The molecule has 30 heavy (non-hydrogen) atoms. The highest BCUT2D eigenvalue weighted by Crippen LogP contribution is 2.47. The Bertz CT molecular complexity index is 1060. The Hall–Kier alpha value is -2.17. The number of rotatable bonds is 4. The normalized spacial score (nSPS) is 14.9. The third-order valence-electron chi connectivity index (χ3n) is 5.42. The zero-order valence-electron chi connectivity index (χ0n) is 18.8. The van der Waals surface area contributed by atoms with Crippen LogP contribution >= 0.6 is 11.3 Å². The molecule has 158 valence electrons. The lowest BCUT2D eigenvalue weighted by Gasteiger charge is -2.26. The SMILES string of the molecule is Cc1cc(-c2sc(C)c(C(C)OC(C)(C)C)c2-c2ccc3c(c2)CCCO3)ccn1. The van der Waals surface area contributed by atoms with Gasteiger partial charge in [0, 0.05) is 32.8 Å². The molecule has 1 atom stereocenters. The molecule has 0 saturated carbocycles. The van der Waals surface area contributed by atoms with Gasteiger partial charge >= 0.3 is 0 Å². The maximum absolute atomic E-state index is 6.42. The molecule has 1 aromatic carbocycles. The number of hydrogen-bond acceptors (Lipinski definition) is 4. The second-order valence-electron chi connectivity index (χ2n) is 9.11. The van der Waals surface area contributed by atoms with Crippen molar-refractivity contribution in [2.45, 2.75) is 66.1 Å². The average Bonchev–Trinajstić information content (AvgIpc) is 3.03. The zero-order valence-corrected chi connectivity index (χ0v) is 19.7. The zero-order chi connectivity index (χ0) is 21.5. The topological polar surface area (TPSA) is 31.4 Å². The van der Waals surface area contributed by atoms with Gasteiger partial charge in [-0.15, -0.1) is 11.3 Å². The van der Waals surface area contributed by atoms with Crippen molar-refractivity contribution < 1.29 is 9.47 Å². The largest absolute Gasteiger partial charge is 0.493 e. The number of nitrogens with zero attached hydrogens (tertiary/aromatic N) is 1. The van der Waals surface area contributed by atoms with Crippen LogP contribution < -0.4 is 4.74 Å². The van der Waals surface area contributed by atoms with E-state index in [9.17, 15) is 0 Å². The van der Waals surface area contributed by atoms with Crippen LogP contribution in [0.4, 0.5) is 0 Å². The summed E-state index contributed by atoms with van der Waals surface area (Å²) < 4.78 is 12.3. The molecule has 1 aliphatic rings. The molecule has 0 amide bonds. The van der Waals surface area contributed by atoms with Crippen LogP contribution in [0.5, 0.6) is 5.75 Å². The second kappa shape index (κ2) is 8.16. The smallest absolute Gasteiger partial charge is 0.122 e. The third kappa shape index (κ3) is 4.30. The van der Waals surface area contributed by atoms with Crippen LogP contribution in [0.3, 0.4) is 0 Å². The Morgan fingerprint density at radius 2 is 1.90 bits per heavy atom. The van der Waals surface area contributed by atoms with Gasteiger partial charge < -0.3 is 9.47 Å². The van der Waals surface area contributed by atoms with Crippen molar-refractivity contribution in [2.75, 3.05) is 6.61 Å². The van der Waals surface area contributed by atoms with Crippen molar-refractivity contribution in [3.8, 4) is 27.3 Å². The van der Waals surface area contributed by atoms with E-state index in [2.05, 4.69) is 69.9 Å². The lowest BCUT2D eigenvalue weighted by molar-refractivity contribution is -0.0527. The van der Waals surface area contributed by atoms with Crippen molar-refractivity contribution >= 4 is 11.3 Å². The molecule has 0 saturated heterocycles. The van der Waals surface area contributed by atoms with Gasteiger partial charge in [-0.2, -0.15) is 0 Å². The summed E-state index contributed by atoms with van der Waals surface area (Å²) in [7, 11) is 0. The van der Waals surface area contributed by atoms with E-state index in [-0.39, 0.29) is 11.7 Å². The molecule has 2 aromatic heterocycles. The molecular formula is C26H31NO2S.